The van der Waals surface area contributed by atoms with Gasteiger partial charge in [-0.3, -0.25) is 10.1 Å². The molecule has 0 saturated heterocycles. The highest BCUT2D eigenvalue weighted by Crippen LogP contribution is 2.34. The quantitative estimate of drug-likeness (QED) is 0.0385. The van der Waals surface area contributed by atoms with E-state index in [0.29, 0.717) is 29.2 Å². The average Bonchev–Trinajstić information content (AvgIpc) is 2.97. The Kier molecular flexibility index (Phi) is 12.9. The van der Waals surface area contributed by atoms with Gasteiger partial charge in [-0.05, 0) is 92.6 Å². The number of unbranched alkanes of at least 4 members (excludes halogenated alkanes) is 6. The molecule has 3 aromatic rings. The zero-order valence-corrected chi connectivity index (χ0v) is 24.2. The number of benzene rings is 3. The van der Waals surface area contributed by atoms with E-state index in [-0.39, 0.29) is 17.5 Å². The van der Waals surface area contributed by atoms with Crippen LogP contribution in [-0.2, 0) is 0 Å². The van der Waals surface area contributed by atoms with Crippen LogP contribution in [0.4, 0.5) is 5.69 Å². The lowest BCUT2D eigenvalue weighted by atomic mass is 10.0. The molecule has 41 heavy (non-hydrogen) atoms. The largest absolute Gasteiger partial charge is 0.494 e. The first-order valence-corrected chi connectivity index (χ1v) is 14.5. The Hall–Kier alpha value is -4.13. The van der Waals surface area contributed by atoms with Crippen molar-refractivity contribution in [2.75, 3.05) is 6.61 Å². The third kappa shape index (κ3) is 10.4. The van der Waals surface area contributed by atoms with Gasteiger partial charge in [0, 0.05) is 6.07 Å². The molecule has 7 nitrogen and oxygen atoms in total. The summed E-state index contributed by atoms with van der Waals surface area (Å²) in [7, 11) is 0. The molecule has 0 bridgehead atoms. The van der Waals surface area contributed by atoms with E-state index in [4.69, 9.17) is 14.2 Å². The third-order valence-corrected chi connectivity index (χ3v) is 6.76. The normalized spacial score (nSPS) is 11.5. The highest BCUT2D eigenvalue weighted by atomic mass is 16.6. The van der Waals surface area contributed by atoms with Gasteiger partial charge in [-0.1, -0.05) is 56.9 Å². The first-order valence-electron chi connectivity index (χ1n) is 14.5. The summed E-state index contributed by atoms with van der Waals surface area (Å²) in [5, 5.41) is 11.7. The Bertz CT molecular complexity index is 1250. The van der Waals surface area contributed by atoms with E-state index >= 15 is 0 Å². The lowest BCUT2D eigenvalue weighted by Gasteiger charge is -2.15. The molecule has 0 aliphatic rings. The molecular weight excluding hydrogens is 518 g/mol. The minimum Gasteiger partial charge on any atom is -0.494 e. The summed E-state index contributed by atoms with van der Waals surface area (Å²) in [6.07, 6.45) is 11.4. The maximum Gasteiger partial charge on any atom is 0.343 e. The molecule has 7 heteroatoms. The molecule has 1 atom stereocenters. The number of nitro benzene ring substituents is 1. The van der Waals surface area contributed by atoms with Crippen molar-refractivity contribution in [1.29, 1.82) is 0 Å². The van der Waals surface area contributed by atoms with Crippen LogP contribution in [0.25, 0.3) is 11.1 Å². The molecule has 1 unspecified atom stereocenters. The molecule has 0 N–H and O–H groups in total. The van der Waals surface area contributed by atoms with Crippen molar-refractivity contribution >= 4 is 11.7 Å². The first kappa shape index (κ1) is 31.4. The van der Waals surface area contributed by atoms with Crippen molar-refractivity contribution in [3.63, 3.8) is 0 Å². The second-order valence-electron chi connectivity index (χ2n) is 10.1. The highest BCUT2D eigenvalue weighted by molar-refractivity contribution is 5.91. The molecule has 0 aliphatic heterocycles. The monoisotopic (exact) mass is 559 g/mol. The summed E-state index contributed by atoms with van der Waals surface area (Å²) in [5.41, 5.74) is 1.78. The van der Waals surface area contributed by atoms with Gasteiger partial charge in [0.25, 0.3) is 0 Å². The van der Waals surface area contributed by atoms with Crippen LogP contribution in [0, 0.1) is 10.1 Å². The molecule has 0 amide bonds. The lowest BCUT2D eigenvalue weighted by molar-refractivity contribution is -0.386. The number of allylic oxidation sites excluding steroid dienone is 1. The van der Waals surface area contributed by atoms with E-state index in [1.807, 2.05) is 13.0 Å². The molecule has 218 valence electrons. The molecule has 0 heterocycles. The van der Waals surface area contributed by atoms with Crippen LogP contribution in [0.15, 0.2) is 79.4 Å². The van der Waals surface area contributed by atoms with Gasteiger partial charge in [-0.2, -0.15) is 0 Å². The van der Waals surface area contributed by atoms with Crippen LogP contribution in [0.2, 0.25) is 0 Å². The van der Waals surface area contributed by atoms with Gasteiger partial charge in [0.05, 0.1) is 23.2 Å². The standard InChI is InChI=1S/C34H41NO6/c1-4-6-8-9-10-12-24-39-30-19-16-28(17-20-30)34(36)41-31-21-14-27(15-22-31)29-18-23-33(32(25-29)35(37)38)40-26(3)13-11-7-5-2/h4,14-23,25-26H,1,5-13,24H2,2-3H3. The van der Waals surface area contributed by atoms with E-state index in [1.165, 1.54) is 12.5 Å². The molecule has 0 aliphatic carbocycles. The number of rotatable bonds is 18. The van der Waals surface area contributed by atoms with Crippen LogP contribution >= 0.6 is 0 Å². The van der Waals surface area contributed by atoms with Crippen molar-refractivity contribution in [1.82, 2.24) is 0 Å². The van der Waals surface area contributed by atoms with Gasteiger partial charge < -0.3 is 14.2 Å². The maximum atomic E-state index is 12.6. The van der Waals surface area contributed by atoms with Crippen LogP contribution in [0.1, 0.15) is 82.0 Å². The fraction of sp³-hybridized carbons (Fsp3) is 0.382. The second kappa shape index (κ2) is 16.9. The summed E-state index contributed by atoms with van der Waals surface area (Å²) in [6.45, 7) is 8.45. The Morgan fingerprint density at radius 2 is 1.59 bits per heavy atom. The molecular formula is C34H41NO6. The minimum atomic E-state index is -0.475. The van der Waals surface area contributed by atoms with Gasteiger partial charge in [0.1, 0.15) is 11.5 Å². The fourth-order valence-electron chi connectivity index (χ4n) is 4.40. The Morgan fingerprint density at radius 1 is 0.902 bits per heavy atom. The van der Waals surface area contributed by atoms with E-state index < -0.39 is 10.9 Å². The number of carbonyl (C=O) groups is 1. The third-order valence-electron chi connectivity index (χ3n) is 6.76. The van der Waals surface area contributed by atoms with Gasteiger partial charge >= 0.3 is 11.7 Å². The molecule has 0 radical (unpaired) electrons. The van der Waals surface area contributed by atoms with Crippen molar-refractivity contribution in [3.8, 4) is 28.4 Å². The number of nitro groups is 1. The second-order valence-corrected chi connectivity index (χ2v) is 10.1. The number of carbonyl (C=O) groups excluding carboxylic acids is 1. The van der Waals surface area contributed by atoms with Crippen molar-refractivity contribution in [3.05, 3.63) is 95.1 Å². The zero-order chi connectivity index (χ0) is 29.5. The van der Waals surface area contributed by atoms with Crippen molar-refractivity contribution < 1.29 is 23.9 Å². The summed E-state index contributed by atoms with van der Waals surface area (Å²) in [6, 6.07) is 18.7. The smallest absolute Gasteiger partial charge is 0.343 e. The molecule has 3 aromatic carbocycles. The van der Waals surface area contributed by atoms with E-state index in [2.05, 4.69) is 13.5 Å². The maximum absolute atomic E-state index is 12.6. The zero-order valence-electron chi connectivity index (χ0n) is 24.2. The highest BCUT2D eigenvalue weighted by Gasteiger charge is 2.19. The molecule has 0 aromatic heterocycles. The average molecular weight is 560 g/mol. The van der Waals surface area contributed by atoms with Gasteiger partial charge in [0.2, 0.25) is 0 Å². The summed E-state index contributed by atoms with van der Waals surface area (Å²) >= 11 is 0. The first-order chi connectivity index (χ1) is 19.9. The Morgan fingerprint density at radius 3 is 2.27 bits per heavy atom. The predicted molar refractivity (Wildman–Crippen MR) is 163 cm³/mol. The SMILES string of the molecule is C=CCCCCCCOc1ccc(C(=O)Oc2ccc(-c3ccc(OC(C)CCCCC)c([N+](=O)[O-])c3)cc2)cc1. The van der Waals surface area contributed by atoms with Crippen LogP contribution in [0.3, 0.4) is 0 Å². The Labute approximate surface area is 243 Å². The van der Waals surface area contributed by atoms with Gasteiger partial charge in [0.15, 0.2) is 5.75 Å². The van der Waals surface area contributed by atoms with E-state index in [1.54, 1.807) is 60.7 Å². The molecule has 0 saturated carbocycles. The van der Waals surface area contributed by atoms with Crippen LogP contribution in [-0.4, -0.2) is 23.6 Å². The van der Waals surface area contributed by atoms with Crippen molar-refractivity contribution in [2.24, 2.45) is 0 Å². The number of hydrogen-bond donors (Lipinski definition) is 0. The summed E-state index contributed by atoms with van der Waals surface area (Å²) < 4.78 is 17.2. The predicted octanol–water partition coefficient (Wildman–Crippen LogP) is 9.34. The van der Waals surface area contributed by atoms with Crippen LogP contribution < -0.4 is 14.2 Å². The lowest BCUT2D eigenvalue weighted by Crippen LogP contribution is -2.12. The Balaban J connectivity index is 1.55. The van der Waals surface area contributed by atoms with Crippen molar-refractivity contribution in [2.45, 2.75) is 77.7 Å². The number of hydrogen-bond acceptors (Lipinski definition) is 6. The van der Waals surface area contributed by atoms with E-state index in [0.717, 1.165) is 56.9 Å². The summed E-state index contributed by atoms with van der Waals surface area (Å²) in [5.74, 6) is 0.889. The topological polar surface area (TPSA) is 87.9 Å². The number of nitrogens with zero attached hydrogens (tertiary/aromatic N) is 1. The van der Waals surface area contributed by atoms with Gasteiger partial charge in [-0.15, -0.1) is 6.58 Å². The molecule has 0 spiro atoms. The van der Waals surface area contributed by atoms with Gasteiger partial charge in [-0.25, -0.2) is 4.79 Å². The number of esters is 1. The molecule has 0 fully saturated rings. The molecule has 3 rings (SSSR count). The number of ether oxygens (including phenoxy) is 3. The minimum absolute atomic E-state index is 0.0729. The fourth-order valence-corrected chi connectivity index (χ4v) is 4.40. The van der Waals surface area contributed by atoms with Crippen LogP contribution in [0.5, 0.6) is 17.2 Å². The summed E-state index contributed by atoms with van der Waals surface area (Å²) in [4.78, 5) is 24.0. The van der Waals surface area contributed by atoms with E-state index in [9.17, 15) is 14.9 Å².